The maximum atomic E-state index is 12.1. The molecule has 2 aromatic rings. The van der Waals surface area contributed by atoms with Gasteiger partial charge in [-0.05, 0) is 32.3 Å². The minimum atomic E-state index is 0.0877. The summed E-state index contributed by atoms with van der Waals surface area (Å²) in [6, 6.07) is 0.213. The summed E-state index contributed by atoms with van der Waals surface area (Å²) in [5.74, 6) is 0.0877. The highest BCUT2D eigenvalue weighted by Gasteiger charge is 2.22. The Bertz CT molecular complexity index is 631. The third-order valence-electron chi connectivity index (χ3n) is 3.71. The van der Waals surface area contributed by atoms with Gasteiger partial charge in [0.15, 0.2) is 0 Å². The fourth-order valence-electron chi connectivity index (χ4n) is 2.69. The molecule has 1 aliphatic carbocycles. The van der Waals surface area contributed by atoms with Crippen LogP contribution in [0, 0.1) is 13.8 Å². The van der Waals surface area contributed by atoms with Crippen LogP contribution < -0.4 is 5.32 Å². The number of carbonyl (C=O) groups excluding carboxylic acids is 1. The molecular weight excluding hydrogens is 272 g/mol. The van der Waals surface area contributed by atoms with Crippen molar-refractivity contribution in [3.8, 4) is 0 Å². The standard InChI is InChI=1S/C14H18N4OS/c1-8-13(20-9(2)16-8)6-14(19)17-11-4-3-10-7-15-18-12(10)5-11/h7,11H,3-6H2,1-2H3,(H,15,18)(H,17,19). The van der Waals surface area contributed by atoms with Gasteiger partial charge in [0, 0.05) is 23.0 Å². The molecule has 1 unspecified atom stereocenters. The zero-order valence-corrected chi connectivity index (χ0v) is 12.5. The number of nitrogens with one attached hydrogen (secondary N) is 2. The van der Waals surface area contributed by atoms with Crippen molar-refractivity contribution in [1.29, 1.82) is 0 Å². The molecule has 0 saturated carbocycles. The molecule has 2 heterocycles. The van der Waals surface area contributed by atoms with Gasteiger partial charge in [-0.3, -0.25) is 9.89 Å². The molecule has 1 amide bonds. The Kier molecular flexibility index (Phi) is 3.56. The van der Waals surface area contributed by atoms with Gasteiger partial charge in [0.2, 0.25) is 5.91 Å². The summed E-state index contributed by atoms with van der Waals surface area (Å²) >= 11 is 1.61. The van der Waals surface area contributed by atoms with Crippen LogP contribution in [-0.4, -0.2) is 27.1 Å². The lowest BCUT2D eigenvalue weighted by molar-refractivity contribution is -0.121. The van der Waals surface area contributed by atoms with Crippen LogP contribution in [0.25, 0.3) is 0 Å². The van der Waals surface area contributed by atoms with E-state index in [1.54, 1.807) is 11.3 Å². The maximum absolute atomic E-state index is 12.1. The van der Waals surface area contributed by atoms with Gasteiger partial charge in [0.25, 0.3) is 0 Å². The summed E-state index contributed by atoms with van der Waals surface area (Å²) in [7, 11) is 0. The van der Waals surface area contributed by atoms with Gasteiger partial charge in [0.05, 0.1) is 23.3 Å². The number of carbonyl (C=O) groups is 1. The smallest absolute Gasteiger partial charge is 0.225 e. The molecule has 0 radical (unpaired) electrons. The predicted octanol–water partition coefficient (Wildman–Crippen LogP) is 1.70. The number of hydrogen-bond donors (Lipinski definition) is 2. The van der Waals surface area contributed by atoms with Gasteiger partial charge < -0.3 is 5.32 Å². The van der Waals surface area contributed by atoms with Crippen molar-refractivity contribution < 1.29 is 4.79 Å². The Morgan fingerprint density at radius 2 is 2.40 bits per heavy atom. The Balaban J connectivity index is 1.59. The molecule has 0 aliphatic heterocycles. The van der Waals surface area contributed by atoms with Crippen LogP contribution in [0.15, 0.2) is 6.20 Å². The minimum absolute atomic E-state index is 0.0877. The maximum Gasteiger partial charge on any atom is 0.225 e. The Morgan fingerprint density at radius 3 is 3.15 bits per heavy atom. The van der Waals surface area contributed by atoms with E-state index in [1.807, 2.05) is 20.0 Å². The number of rotatable bonds is 3. The lowest BCUT2D eigenvalue weighted by Crippen LogP contribution is -2.39. The van der Waals surface area contributed by atoms with Crippen LogP contribution in [0.3, 0.4) is 0 Å². The summed E-state index contributed by atoms with van der Waals surface area (Å²) in [5.41, 5.74) is 3.41. The molecule has 0 spiro atoms. The van der Waals surface area contributed by atoms with Crippen LogP contribution in [0.2, 0.25) is 0 Å². The second-order valence-electron chi connectivity index (χ2n) is 5.30. The van der Waals surface area contributed by atoms with E-state index in [2.05, 4.69) is 20.5 Å². The molecule has 20 heavy (non-hydrogen) atoms. The number of H-pyrrole nitrogens is 1. The zero-order valence-electron chi connectivity index (χ0n) is 11.7. The molecule has 0 bridgehead atoms. The summed E-state index contributed by atoms with van der Waals surface area (Å²) in [5, 5.41) is 11.2. The molecular formula is C14H18N4OS. The first-order valence-corrected chi connectivity index (χ1v) is 7.67. The first kappa shape index (κ1) is 13.3. The summed E-state index contributed by atoms with van der Waals surface area (Å²) in [6.07, 6.45) is 5.14. The minimum Gasteiger partial charge on any atom is -0.353 e. The lowest BCUT2D eigenvalue weighted by atomic mass is 9.93. The van der Waals surface area contributed by atoms with E-state index in [4.69, 9.17) is 0 Å². The van der Waals surface area contributed by atoms with Gasteiger partial charge >= 0.3 is 0 Å². The average molecular weight is 290 g/mol. The van der Waals surface area contributed by atoms with Crippen molar-refractivity contribution in [1.82, 2.24) is 20.5 Å². The highest BCUT2D eigenvalue weighted by molar-refractivity contribution is 7.11. The largest absolute Gasteiger partial charge is 0.353 e. The van der Waals surface area contributed by atoms with Gasteiger partial charge in [-0.1, -0.05) is 0 Å². The number of nitrogens with zero attached hydrogens (tertiary/aromatic N) is 2. The molecule has 0 fully saturated rings. The summed E-state index contributed by atoms with van der Waals surface area (Å²) in [4.78, 5) is 17.6. The zero-order chi connectivity index (χ0) is 14.1. The summed E-state index contributed by atoms with van der Waals surface area (Å²) in [6.45, 7) is 3.93. The average Bonchev–Trinajstić information content (AvgIpc) is 2.96. The molecule has 5 nitrogen and oxygen atoms in total. The molecule has 6 heteroatoms. The number of aryl methyl sites for hydroxylation is 3. The number of hydrogen-bond acceptors (Lipinski definition) is 4. The predicted molar refractivity (Wildman–Crippen MR) is 77.8 cm³/mol. The van der Waals surface area contributed by atoms with Gasteiger partial charge in [-0.2, -0.15) is 5.10 Å². The van der Waals surface area contributed by atoms with Crippen molar-refractivity contribution in [3.05, 3.63) is 33.0 Å². The number of aromatic amines is 1. The highest BCUT2D eigenvalue weighted by atomic mass is 32.1. The van der Waals surface area contributed by atoms with E-state index in [0.29, 0.717) is 6.42 Å². The molecule has 3 rings (SSSR count). The number of amides is 1. The normalized spacial score (nSPS) is 17.8. The molecule has 0 saturated heterocycles. The fraction of sp³-hybridized carbons (Fsp3) is 0.500. The van der Waals surface area contributed by atoms with Gasteiger partial charge in [-0.25, -0.2) is 4.98 Å². The van der Waals surface area contributed by atoms with Crippen molar-refractivity contribution in [3.63, 3.8) is 0 Å². The SMILES string of the molecule is Cc1nc(C)c(CC(=O)NC2CCc3cn[nH]c3C2)s1. The van der Waals surface area contributed by atoms with E-state index in [9.17, 15) is 4.79 Å². The van der Waals surface area contributed by atoms with E-state index in [1.165, 1.54) is 5.56 Å². The van der Waals surface area contributed by atoms with Gasteiger partial charge in [-0.15, -0.1) is 11.3 Å². The van der Waals surface area contributed by atoms with E-state index in [0.717, 1.165) is 40.5 Å². The molecule has 106 valence electrons. The van der Waals surface area contributed by atoms with Crippen LogP contribution in [-0.2, 0) is 24.1 Å². The summed E-state index contributed by atoms with van der Waals surface area (Å²) < 4.78 is 0. The Morgan fingerprint density at radius 1 is 1.55 bits per heavy atom. The molecule has 2 N–H and O–H groups in total. The second-order valence-corrected chi connectivity index (χ2v) is 6.59. The first-order valence-electron chi connectivity index (χ1n) is 6.85. The quantitative estimate of drug-likeness (QED) is 0.904. The monoisotopic (exact) mass is 290 g/mol. The van der Waals surface area contributed by atoms with Crippen molar-refractivity contribution >= 4 is 17.2 Å². The molecule has 2 aromatic heterocycles. The van der Waals surface area contributed by atoms with Crippen LogP contribution >= 0.6 is 11.3 Å². The van der Waals surface area contributed by atoms with Crippen LogP contribution in [0.1, 0.15) is 33.3 Å². The number of thiazole rings is 1. The van der Waals surface area contributed by atoms with Gasteiger partial charge in [0.1, 0.15) is 0 Å². The van der Waals surface area contributed by atoms with E-state index < -0.39 is 0 Å². The molecule has 1 atom stereocenters. The second kappa shape index (κ2) is 5.36. The van der Waals surface area contributed by atoms with Crippen molar-refractivity contribution in [2.24, 2.45) is 0 Å². The fourth-order valence-corrected chi connectivity index (χ4v) is 3.63. The third-order valence-corrected chi connectivity index (χ3v) is 4.78. The Labute approximate surface area is 121 Å². The highest BCUT2D eigenvalue weighted by Crippen LogP contribution is 2.20. The Hall–Kier alpha value is -1.69. The van der Waals surface area contributed by atoms with Crippen LogP contribution in [0.4, 0.5) is 0 Å². The van der Waals surface area contributed by atoms with Crippen molar-refractivity contribution in [2.45, 2.75) is 45.6 Å². The number of aromatic nitrogens is 3. The third kappa shape index (κ3) is 2.75. The first-order chi connectivity index (χ1) is 9.61. The lowest BCUT2D eigenvalue weighted by Gasteiger charge is -2.22. The van der Waals surface area contributed by atoms with E-state index >= 15 is 0 Å². The topological polar surface area (TPSA) is 70.7 Å². The van der Waals surface area contributed by atoms with Crippen molar-refractivity contribution in [2.75, 3.05) is 0 Å². The van der Waals surface area contributed by atoms with Crippen LogP contribution in [0.5, 0.6) is 0 Å². The molecule has 0 aromatic carbocycles. The molecule has 1 aliphatic rings. The number of fused-ring (bicyclic) bond motifs is 1. The van der Waals surface area contributed by atoms with E-state index in [-0.39, 0.29) is 11.9 Å².